The quantitative estimate of drug-likeness (QED) is 0.822. The molecule has 0 bridgehead atoms. The maximum absolute atomic E-state index is 11.9. The summed E-state index contributed by atoms with van der Waals surface area (Å²) in [6.07, 6.45) is -5.04. The molecule has 0 aliphatic rings. The summed E-state index contributed by atoms with van der Waals surface area (Å²) in [5, 5.41) is 13.9. The zero-order chi connectivity index (χ0) is 13.4. The van der Waals surface area contributed by atoms with Crippen LogP contribution >= 0.6 is 0 Å². The van der Waals surface area contributed by atoms with E-state index in [9.17, 15) is 21.6 Å². The van der Waals surface area contributed by atoms with Gasteiger partial charge in [-0.05, 0) is 6.92 Å². The minimum atomic E-state index is -5.04. The first-order chi connectivity index (χ1) is 7.50. The number of aryl methyl sites for hydroxylation is 1. The lowest BCUT2D eigenvalue weighted by Gasteiger charge is -2.11. The fourth-order valence-electron chi connectivity index (χ4n) is 1.03. The number of sulfonamides is 1. The number of nitrogens with zero attached hydrogens (tertiary/aromatic N) is 1. The summed E-state index contributed by atoms with van der Waals surface area (Å²) in [4.78, 5) is 2.59. The van der Waals surface area contributed by atoms with Gasteiger partial charge < -0.3 is 9.84 Å². The van der Waals surface area contributed by atoms with Crippen molar-refractivity contribution in [1.82, 2.24) is 4.98 Å². The number of primary sulfonamides is 1. The van der Waals surface area contributed by atoms with Crippen LogP contribution in [0.4, 0.5) is 13.2 Å². The monoisotopic (exact) mass is 272 g/mol. The van der Waals surface area contributed by atoms with E-state index >= 15 is 0 Å². The van der Waals surface area contributed by atoms with Crippen molar-refractivity contribution in [2.75, 3.05) is 0 Å². The van der Waals surface area contributed by atoms with Crippen LogP contribution < -0.4 is 9.88 Å². The Labute approximate surface area is 93.9 Å². The smallest absolute Gasteiger partial charge is 0.503 e. The largest absolute Gasteiger partial charge is 0.574 e. The molecule has 0 atom stereocenters. The van der Waals surface area contributed by atoms with Gasteiger partial charge >= 0.3 is 6.36 Å². The molecule has 0 radical (unpaired) electrons. The predicted octanol–water partition coefficient (Wildman–Crippen LogP) is 0.642. The zero-order valence-electron chi connectivity index (χ0n) is 8.32. The number of hydrogen-bond acceptors (Lipinski definition) is 5. The average Bonchev–Trinajstić information content (AvgIpc) is 2.06. The van der Waals surface area contributed by atoms with Crippen molar-refractivity contribution in [2.45, 2.75) is 18.2 Å². The molecular formula is C7H7F3N2O4S. The fraction of sp³-hybridized carbons (Fsp3) is 0.286. The van der Waals surface area contributed by atoms with Crippen molar-refractivity contribution in [3.05, 3.63) is 11.8 Å². The van der Waals surface area contributed by atoms with E-state index in [1.54, 1.807) is 0 Å². The van der Waals surface area contributed by atoms with Crippen LogP contribution in [-0.2, 0) is 10.0 Å². The standard InChI is InChI=1S/C7H7F3N2O4S/c1-3-5(17(11,14)15)2-4(13)6(12-3)16-7(8,9)10/h2,13H,1H3,(H2,11,14,15). The van der Waals surface area contributed by atoms with E-state index in [0.717, 1.165) is 6.92 Å². The Morgan fingerprint density at radius 2 is 2.00 bits per heavy atom. The van der Waals surface area contributed by atoms with Crippen molar-refractivity contribution in [2.24, 2.45) is 5.14 Å². The number of hydrogen-bond donors (Lipinski definition) is 2. The van der Waals surface area contributed by atoms with Gasteiger partial charge in [0.1, 0.15) is 4.90 Å². The summed E-state index contributed by atoms with van der Waals surface area (Å²) in [5.41, 5.74) is -0.315. The number of pyridine rings is 1. The van der Waals surface area contributed by atoms with Crippen molar-refractivity contribution < 1.29 is 31.4 Å². The number of ether oxygens (including phenoxy) is 1. The number of alkyl halides is 3. The van der Waals surface area contributed by atoms with Crippen LogP contribution in [0, 0.1) is 6.92 Å². The molecule has 96 valence electrons. The van der Waals surface area contributed by atoms with E-state index in [0.29, 0.717) is 6.07 Å². The third kappa shape index (κ3) is 3.46. The molecule has 0 spiro atoms. The van der Waals surface area contributed by atoms with Gasteiger partial charge in [0, 0.05) is 6.07 Å². The topological polar surface area (TPSA) is 103 Å². The van der Waals surface area contributed by atoms with Gasteiger partial charge in [0.15, 0.2) is 5.75 Å². The molecule has 0 aliphatic heterocycles. The molecule has 0 amide bonds. The van der Waals surface area contributed by atoms with Crippen molar-refractivity contribution in [3.63, 3.8) is 0 Å². The van der Waals surface area contributed by atoms with Crippen LogP contribution in [0.15, 0.2) is 11.0 Å². The maximum atomic E-state index is 11.9. The second kappa shape index (κ2) is 4.04. The Morgan fingerprint density at radius 3 is 2.41 bits per heavy atom. The van der Waals surface area contributed by atoms with Gasteiger partial charge in [0.25, 0.3) is 5.88 Å². The molecule has 1 aromatic rings. The first-order valence-corrected chi connectivity index (χ1v) is 5.54. The molecule has 6 nitrogen and oxygen atoms in total. The highest BCUT2D eigenvalue weighted by Gasteiger charge is 2.33. The van der Waals surface area contributed by atoms with Gasteiger partial charge in [-0.25, -0.2) is 18.5 Å². The SMILES string of the molecule is Cc1nc(OC(F)(F)F)c(O)cc1S(N)(=O)=O. The molecule has 0 aliphatic carbocycles. The maximum Gasteiger partial charge on any atom is 0.574 e. The van der Waals surface area contributed by atoms with Crippen molar-refractivity contribution >= 4 is 10.0 Å². The molecule has 0 unspecified atom stereocenters. The summed E-state index contributed by atoms with van der Waals surface area (Å²) < 4.78 is 60.9. The normalized spacial score (nSPS) is 12.5. The summed E-state index contributed by atoms with van der Waals surface area (Å²) in [6.45, 7) is 1.11. The number of rotatable bonds is 2. The van der Waals surface area contributed by atoms with Gasteiger partial charge in [-0.3, -0.25) is 0 Å². The molecule has 0 saturated carbocycles. The molecule has 1 heterocycles. The van der Waals surface area contributed by atoms with Crippen molar-refractivity contribution in [3.8, 4) is 11.6 Å². The lowest BCUT2D eigenvalue weighted by molar-refractivity contribution is -0.276. The predicted molar refractivity (Wildman–Crippen MR) is 48.7 cm³/mol. The lowest BCUT2D eigenvalue weighted by atomic mass is 10.3. The summed E-state index contributed by atoms with van der Waals surface area (Å²) >= 11 is 0. The summed E-state index contributed by atoms with van der Waals surface area (Å²) in [7, 11) is -4.18. The fourth-order valence-corrected chi connectivity index (χ4v) is 1.76. The summed E-state index contributed by atoms with van der Waals surface area (Å²) in [6, 6.07) is 0.540. The third-order valence-corrected chi connectivity index (χ3v) is 2.66. The van der Waals surface area contributed by atoms with Crippen LogP contribution in [0.2, 0.25) is 0 Å². The van der Waals surface area contributed by atoms with E-state index in [1.165, 1.54) is 0 Å². The lowest BCUT2D eigenvalue weighted by Crippen LogP contribution is -2.19. The Morgan fingerprint density at radius 1 is 1.47 bits per heavy atom. The third-order valence-electron chi connectivity index (χ3n) is 1.63. The number of aromatic nitrogens is 1. The first-order valence-electron chi connectivity index (χ1n) is 4.00. The average molecular weight is 272 g/mol. The van der Waals surface area contributed by atoms with Gasteiger partial charge in [0.2, 0.25) is 10.0 Å². The van der Waals surface area contributed by atoms with Crippen LogP contribution in [0.5, 0.6) is 11.6 Å². The Bertz CT molecular complexity index is 541. The summed E-state index contributed by atoms with van der Waals surface area (Å²) in [5.74, 6) is -2.21. The molecule has 17 heavy (non-hydrogen) atoms. The van der Waals surface area contributed by atoms with Crippen LogP contribution in [0.25, 0.3) is 0 Å². The van der Waals surface area contributed by atoms with Gasteiger partial charge in [0.05, 0.1) is 5.69 Å². The molecule has 0 fully saturated rings. The van der Waals surface area contributed by atoms with Crippen LogP contribution in [0.1, 0.15) is 5.69 Å². The molecule has 1 aromatic heterocycles. The molecule has 3 N–H and O–H groups in total. The van der Waals surface area contributed by atoms with Crippen molar-refractivity contribution in [1.29, 1.82) is 0 Å². The van der Waals surface area contributed by atoms with E-state index in [4.69, 9.17) is 10.2 Å². The highest BCUT2D eigenvalue weighted by Crippen LogP contribution is 2.31. The number of halogens is 3. The number of nitrogens with two attached hydrogens (primary N) is 1. The molecule has 0 saturated heterocycles. The van der Waals surface area contributed by atoms with Gasteiger partial charge in [-0.15, -0.1) is 13.2 Å². The molecule has 10 heteroatoms. The van der Waals surface area contributed by atoms with Crippen LogP contribution in [-0.4, -0.2) is 24.9 Å². The van der Waals surface area contributed by atoms with Gasteiger partial charge in [-0.1, -0.05) is 0 Å². The highest BCUT2D eigenvalue weighted by molar-refractivity contribution is 7.89. The minimum Gasteiger partial charge on any atom is -0.503 e. The van der Waals surface area contributed by atoms with Crippen LogP contribution in [0.3, 0.4) is 0 Å². The highest BCUT2D eigenvalue weighted by atomic mass is 32.2. The van der Waals surface area contributed by atoms with E-state index in [2.05, 4.69) is 9.72 Å². The van der Waals surface area contributed by atoms with E-state index < -0.39 is 32.9 Å². The Hall–Kier alpha value is -1.55. The minimum absolute atomic E-state index is 0.315. The van der Waals surface area contributed by atoms with E-state index in [1.807, 2.05) is 0 Å². The molecule has 1 rings (SSSR count). The van der Waals surface area contributed by atoms with E-state index in [-0.39, 0.29) is 5.69 Å². The first kappa shape index (κ1) is 13.5. The second-order valence-corrected chi connectivity index (χ2v) is 4.52. The van der Waals surface area contributed by atoms with Gasteiger partial charge in [-0.2, -0.15) is 0 Å². The number of aromatic hydroxyl groups is 1. The molecule has 0 aromatic carbocycles. The Balaban J connectivity index is 3.29. The zero-order valence-corrected chi connectivity index (χ0v) is 9.13. The second-order valence-electron chi connectivity index (χ2n) is 2.99. The molecular weight excluding hydrogens is 265 g/mol. The Kier molecular flexibility index (Phi) is 3.21.